The molecule has 0 rings (SSSR count). The molecule has 0 heterocycles. The van der Waals surface area contributed by atoms with E-state index in [1.807, 2.05) is 0 Å². The first-order valence-corrected chi connectivity index (χ1v) is 17.2. The Kier molecular flexibility index (Phi) is 11.6. The smallest absolute Gasteiger partial charge is 0.191 e. The predicted molar refractivity (Wildman–Crippen MR) is 124 cm³/mol. The molecule has 0 saturated carbocycles. The van der Waals surface area contributed by atoms with E-state index in [9.17, 15) is 9.59 Å². The number of carbonyl (C=O) groups excluding carboxylic acids is 2. The Morgan fingerprint density at radius 3 is 2.04 bits per heavy atom. The van der Waals surface area contributed by atoms with Crippen molar-refractivity contribution in [1.29, 1.82) is 0 Å². The molecule has 0 spiro atoms. The Hall–Kier alpha value is -0.306. The summed E-state index contributed by atoms with van der Waals surface area (Å²) in [5.41, 5.74) is 0. The van der Waals surface area contributed by atoms with Crippen LogP contribution in [0.4, 0.5) is 0 Å². The van der Waals surface area contributed by atoms with Crippen LogP contribution < -0.4 is 0 Å². The Bertz CT molecular complexity index is 478. The van der Waals surface area contributed by atoms with Gasteiger partial charge in [0, 0.05) is 31.8 Å². The molecule has 0 amide bonds. The zero-order chi connectivity index (χ0) is 22.2. The van der Waals surface area contributed by atoms with Gasteiger partial charge in [-0.15, -0.1) is 0 Å². The second-order valence-electron chi connectivity index (χ2n) is 10.9. The van der Waals surface area contributed by atoms with Crippen molar-refractivity contribution in [1.82, 2.24) is 0 Å². The van der Waals surface area contributed by atoms with Crippen molar-refractivity contribution in [3.63, 3.8) is 0 Å². The van der Waals surface area contributed by atoms with Gasteiger partial charge in [0.1, 0.15) is 12.1 Å². The second-order valence-corrected chi connectivity index (χ2v) is 20.1. The fourth-order valence-corrected chi connectivity index (χ4v) is 5.31. The van der Waals surface area contributed by atoms with E-state index < -0.39 is 16.6 Å². The molecule has 0 aromatic heterocycles. The zero-order valence-corrected chi connectivity index (χ0v) is 22.2. The average molecular weight is 431 g/mol. The van der Waals surface area contributed by atoms with E-state index in [2.05, 4.69) is 67.4 Å². The summed E-state index contributed by atoms with van der Waals surface area (Å²) in [5, 5.41) is 0.196. The topological polar surface area (TPSA) is 52.6 Å². The number of aldehydes is 1. The van der Waals surface area contributed by atoms with Gasteiger partial charge in [0.15, 0.2) is 16.6 Å². The van der Waals surface area contributed by atoms with Gasteiger partial charge in [0.2, 0.25) is 0 Å². The fourth-order valence-electron chi connectivity index (χ4n) is 2.91. The summed E-state index contributed by atoms with van der Waals surface area (Å²) >= 11 is 0. The number of Topliss-reactive ketones (excluding diaryl/α,β-unsaturated/α-hetero) is 1. The number of hydrogen-bond acceptors (Lipinski definition) is 4. The number of ketones is 1. The molecule has 0 aromatic rings. The third kappa shape index (κ3) is 11.0. The maximum Gasteiger partial charge on any atom is 0.191 e. The van der Waals surface area contributed by atoms with Crippen molar-refractivity contribution in [2.75, 3.05) is 6.61 Å². The molecule has 0 fully saturated rings. The second kappa shape index (κ2) is 11.8. The highest BCUT2D eigenvalue weighted by atomic mass is 28.4. The van der Waals surface area contributed by atoms with Gasteiger partial charge >= 0.3 is 0 Å². The minimum atomic E-state index is -1.79. The molecule has 0 radical (unpaired) electrons. The number of hydrogen-bond donors (Lipinski definition) is 0. The number of rotatable bonds is 14. The Morgan fingerprint density at radius 2 is 1.57 bits per heavy atom. The van der Waals surface area contributed by atoms with E-state index in [-0.39, 0.29) is 16.9 Å². The Labute approximate surface area is 176 Å². The largest absolute Gasteiger partial charge is 0.416 e. The van der Waals surface area contributed by atoms with Gasteiger partial charge in [0.25, 0.3) is 0 Å². The summed E-state index contributed by atoms with van der Waals surface area (Å²) in [7, 11) is -3.50. The van der Waals surface area contributed by atoms with Gasteiger partial charge < -0.3 is 13.6 Å². The standard InChI is InChI=1S/C22H46O4Si2/c1-18(14-15-20(24)13-11-12-16-23)21(26-27(6,7)8)19(2)17-25-28(9,10)22(3,4)5/h16,18-19,21H,11-15,17H2,1-10H3/t18-,19-,21+/m1/s1. The molecule has 0 saturated heterocycles. The van der Waals surface area contributed by atoms with Crippen molar-refractivity contribution in [2.24, 2.45) is 11.8 Å². The van der Waals surface area contributed by atoms with Gasteiger partial charge in [-0.05, 0) is 56.5 Å². The Morgan fingerprint density at radius 1 is 1.00 bits per heavy atom. The SMILES string of the molecule is C[C@H](CCC(=O)CCCC=O)[C@H](O[Si](C)(C)C)[C@H](C)CO[Si](C)(C)C(C)(C)C. The molecular formula is C22H46O4Si2. The van der Waals surface area contributed by atoms with E-state index in [1.54, 1.807) is 0 Å². The summed E-state index contributed by atoms with van der Waals surface area (Å²) in [4.78, 5) is 22.5. The molecule has 0 aliphatic heterocycles. The van der Waals surface area contributed by atoms with Crippen LogP contribution in [0.1, 0.15) is 66.7 Å². The quantitative estimate of drug-likeness (QED) is 0.186. The maximum absolute atomic E-state index is 12.1. The van der Waals surface area contributed by atoms with Crippen LogP contribution in [0.2, 0.25) is 37.8 Å². The summed E-state index contributed by atoms with van der Waals surface area (Å²) in [6.45, 7) is 23.2. The van der Waals surface area contributed by atoms with E-state index in [4.69, 9.17) is 8.85 Å². The van der Waals surface area contributed by atoms with Gasteiger partial charge in [-0.1, -0.05) is 34.6 Å². The lowest BCUT2D eigenvalue weighted by atomic mass is 9.89. The van der Waals surface area contributed by atoms with Crippen molar-refractivity contribution in [2.45, 2.75) is 111 Å². The maximum atomic E-state index is 12.1. The molecule has 0 aliphatic rings. The van der Waals surface area contributed by atoms with E-state index >= 15 is 0 Å². The van der Waals surface area contributed by atoms with Crippen LogP contribution in [0.5, 0.6) is 0 Å². The van der Waals surface area contributed by atoms with E-state index in [0.29, 0.717) is 44.1 Å². The molecule has 166 valence electrons. The highest BCUT2D eigenvalue weighted by Crippen LogP contribution is 2.37. The monoisotopic (exact) mass is 430 g/mol. The summed E-state index contributed by atoms with van der Waals surface area (Å²) in [5.74, 6) is 0.853. The van der Waals surface area contributed by atoms with Crippen LogP contribution in [-0.2, 0) is 18.4 Å². The number of carbonyl (C=O) groups is 2. The zero-order valence-electron chi connectivity index (χ0n) is 20.2. The summed E-state index contributed by atoms with van der Waals surface area (Å²) < 4.78 is 13.0. The van der Waals surface area contributed by atoms with Gasteiger partial charge in [-0.25, -0.2) is 0 Å². The molecule has 0 aromatic carbocycles. The molecular weight excluding hydrogens is 384 g/mol. The Balaban J connectivity index is 4.91. The lowest BCUT2D eigenvalue weighted by Crippen LogP contribution is -2.45. The molecule has 0 bridgehead atoms. The minimum Gasteiger partial charge on any atom is -0.416 e. The van der Waals surface area contributed by atoms with Gasteiger partial charge in [0.05, 0.1) is 6.10 Å². The molecule has 0 unspecified atom stereocenters. The third-order valence-electron chi connectivity index (χ3n) is 5.78. The summed E-state index contributed by atoms with van der Waals surface area (Å²) in [6, 6.07) is 0. The highest BCUT2D eigenvalue weighted by Gasteiger charge is 2.38. The van der Waals surface area contributed by atoms with Crippen LogP contribution in [-0.4, -0.2) is 41.4 Å². The molecule has 0 aliphatic carbocycles. The first-order valence-electron chi connectivity index (χ1n) is 10.9. The van der Waals surface area contributed by atoms with Crippen molar-refractivity contribution in [3.05, 3.63) is 0 Å². The molecule has 3 atom stereocenters. The summed E-state index contributed by atoms with van der Waals surface area (Å²) in [6.07, 6.45) is 4.06. The first-order chi connectivity index (χ1) is 12.6. The lowest BCUT2D eigenvalue weighted by Gasteiger charge is -2.40. The highest BCUT2D eigenvalue weighted by molar-refractivity contribution is 6.74. The van der Waals surface area contributed by atoms with Crippen LogP contribution in [0, 0.1) is 11.8 Å². The lowest BCUT2D eigenvalue weighted by molar-refractivity contribution is -0.119. The third-order valence-corrected chi connectivity index (χ3v) is 11.3. The predicted octanol–water partition coefficient (Wildman–Crippen LogP) is 6.22. The van der Waals surface area contributed by atoms with E-state index in [0.717, 1.165) is 12.7 Å². The van der Waals surface area contributed by atoms with Crippen LogP contribution in [0.3, 0.4) is 0 Å². The molecule has 28 heavy (non-hydrogen) atoms. The van der Waals surface area contributed by atoms with Crippen LogP contribution >= 0.6 is 0 Å². The minimum absolute atomic E-state index is 0.110. The van der Waals surface area contributed by atoms with Gasteiger partial charge in [-0.3, -0.25) is 4.79 Å². The van der Waals surface area contributed by atoms with E-state index in [1.165, 1.54) is 0 Å². The molecule has 6 heteroatoms. The van der Waals surface area contributed by atoms with Crippen LogP contribution in [0.15, 0.2) is 0 Å². The average Bonchev–Trinajstić information content (AvgIpc) is 2.54. The fraction of sp³-hybridized carbons (Fsp3) is 0.909. The van der Waals surface area contributed by atoms with Crippen LogP contribution in [0.25, 0.3) is 0 Å². The molecule has 4 nitrogen and oxygen atoms in total. The first kappa shape index (κ1) is 27.7. The van der Waals surface area contributed by atoms with Crippen molar-refractivity contribution >= 4 is 28.7 Å². The normalized spacial score (nSPS) is 16.5. The van der Waals surface area contributed by atoms with Crippen molar-refractivity contribution in [3.8, 4) is 0 Å². The molecule has 0 N–H and O–H groups in total. The van der Waals surface area contributed by atoms with Gasteiger partial charge in [-0.2, -0.15) is 0 Å². The van der Waals surface area contributed by atoms with Crippen molar-refractivity contribution < 1.29 is 18.4 Å². The number of unbranched alkanes of at least 4 members (excludes halogenated alkanes) is 1.